The molecular weight excluding hydrogens is 315 g/mol. The maximum atomic E-state index is 13.7. The molecule has 0 aliphatic carbocycles. The molecule has 1 fully saturated rings. The first kappa shape index (κ1) is 16.1. The monoisotopic (exact) mass is 336 g/mol. The first-order valence-electron chi connectivity index (χ1n) is 7.75. The average molecular weight is 336 g/mol. The van der Waals surface area contributed by atoms with E-state index in [1.165, 1.54) is 18.6 Å². The van der Waals surface area contributed by atoms with E-state index in [2.05, 4.69) is 19.6 Å². The Morgan fingerprint density at radius 2 is 2.17 bits per heavy atom. The second kappa shape index (κ2) is 7.23. The molecule has 1 aromatic heterocycles. The van der Waals surface area contributed by atoms with Gasteiger partial charge in [0, 0.05) is 37.2 Å². The number of halogens is 1. The summed E-state index contributed by atoms with van der Waals surface area (Å²) in [6.07, 6.45) is 2.11. The summed E-state index contributed by atoms with van der Waals surface area (Å²) in [5.41, 5.74) is 0.981. The predicted molar refractivity (Wildman–Crippen MR) is 89.5 cm³/mol. The lowest BCUT2D eigenvalue weighted by molar-refractivity contribution is 0.211. The van der Waals surface area contributed by atoms with Gasteiger partial charge in [-0.3, -0.25) is 4.90 Å². The maximum Gasteiger partial charge on any atom is 0.202 e. The molecule has 1 saturated heterocycles. The third-order valence-corrected chi connectivity index (χ3v) is 4.80. The lowest BCUT2D eigenvalue weighted by Gasteiger charge is -2.32. The van der Waals surface area contributed by atoms with Gasteiger partial charge in [-0.25, -0.2) is 9.37 Å². The molecule has 7 heteroatoms. The molecule has 2 aromatic rings. The fourth-order valence-corrected chi connectivity index (χ4v) is 3.48. The van der Waals surface area contributed by atoms with Crippen LogP contribution in [0.2, 0.25) is 0 Å². The first-order valence-corrected chi connectivity index (χ1v) is 8.53. The van der Waals surface area contributed by atoms with Gasteiger partial charge in [-0.15, -0.1) is 0 Å². The van der Waals surface area contributed by atoms with Gasteiger partial charge < -0.3 is 10.1 Å². The largest absolute Gasteiger partial charge is 0.494 e. The van der Waals surface area contributed by atoms with Crippen molar-refractivity contribution in [3.05, 3.63) is 35.4 Å². The molecule has 23 heavy (non-hydrogen) atoms. The van der Waals surface area contributed by atoms with Crippen LogP contribution in [0.4, 0.5) is 9.52 Å². The van der Waals surface area contributed by atoms with Gasteiger partial charge in [-0.05, 0) is 37.5 Å². The Hall–Kier alpha value is -1.73. The quantitative estimate of drug-likeness (QED) is 0.909. The summed E-state index contributed by atoms with van der Waals surface area (Å²) >= 11 is 1.41. The van der Waals surface area contributed by atoms with Gasteiger partial charge in [0.05, 0.1) is 7.11 Å². The molecule has 0 radical (unpaired) electrons. The number of nitrogens with one attached hydrogen (secondary N) is 1. The van der Waals surface area contributed by atoms with Gasteiger partial charge in [0.1, 0.15) is 5.82 Å². The zero-order valence-electron chi connectivity index (χ0n) is 13.4. The van der Waals surface area contributed by atoms with Crippen LogP contribution in [-0.4, -0.2) is 40.5 Å². The molecule has 0 saturated carbocycles. The van der Waals surface area contributed by atoms with Crippen molar-refractivity contribution >= 4 is 16.7 Å². The fraction of sp³-hybridized carbons (Fsp3) is 0.500. The van der Waals surface area contributed by atoms with E-state index in [1.54, 1.807) is 12.1 Å². The number of benzene rings is 1. The number of aromatic nitrogens is 2. The molecule has 124 valence electrons. The highest BCUT2D eigenvalue weighted by Crippen LogP contribution is 2.22. The van der Waals surface area contributed by atoms with Gasteiger partial charge in [0.15, 0.2) is 11.6 Å². The van der Waals surface area contributed by atoms with Crippen LogP contribution < -0.4 is 10.1 Å². The van der Waals surface area contributed by atoms with Crippen LogP contribution in [-0.2, 0) is 6.54 Å². The predicted octanol–water partition coefficient (Wildman–Crippen LogP) is 3.07. The molecule has 1 aromatic carbocycles. The topological polar surface area (TPSA) is 50.3 Å². The Kier molecular flexibility index (Phi) is 5.07. The van der Waals surface area contributed by atoms with E-state index >= 15 is 0 Å². The highest BCUT2D eigenvalue weighted by molar-refractivity contribution is 7.09. The summed E-state index contributed by atoms with van der Waals surface area (Å²) in [6.45, 7) is 4.65. The molecule has 1 N–H and O–H groups in total. The van der Waals surface area contributed by atoms with Crippen LogP contribution in [0.3, 0.4) is 0 Å². The molecule has 0 amide bonds. The highest BCUT2D eigenvalue weighted by atomic mass is 32.1. The number of likely N-dealkylation sites (tertiary alicyclic amines) is 1. The minimum Gasteiger partial charge on any atom is -0.494 e. The number of nitrogens with zero attached hydrogens (tertiary/aromatic N) is 3. The molecule has 2 heterocycles. The van der Waals surface area contributed by atoms with Gasteiger partial charge >= 0.3 is 0 Å². The minimum absolute atomic E-state index is 0.295. The summed E-state index contributed by atoms with van der Waals surface area (Å²) < 4.78 is 22.9. The highest BCUT2D eigenvalue weighted by Gasteiger charge is 2.20. The van der Waals surface area contributed by atoms with Crippen molar-refractivity contribution in [3.63, 3.8) is 0 Å². The summed E-state index contributed by atoms with van der Waals surface area (Å²) in [6, 6.07) is 5.62. The van der Waals surface area contributed by atoms with Crippen molar-refractivity contribution in [2.24, 2.45) is 0 Å². The smallest absolute Gasteiger partial charge is 0.202 e. The number of anilines is 1. The van der Waals surface area contributed by atoms with E-state index in [0.29, 0.717) is 11.8 Å². The SMILES string of the molecule is COc1ccc(CN2CCC(Nc3nc(C)ns3)CC2)cc1F. The van der Waals surface area contributed by atoms with Crippen LogP contribution in [0, 0.1) is 12.7 Å². The zero-order chi connectivity index (χ0) is 16.2. The zero-order valence-corrected chi connectivity index (χ0v) is 14.2. The molecule has 0 bridgehead atoms. The summed E-state index contributed by atoms with van der Waals surface area (Å²) in [5, 5.41) is 4.35. The Bertz CT molecular complexity index is 655. The molecule has 1 aliphatic heterocycles. The Morgan fingerprint density at radius 1 is 1.39 bits per heavy atom. The number of aryl methyl sites for hydroxylation is 1. The summed E-state index contributed by atoms with van der Waals surface area (Å²) in [5.74, 6) is 0.814. The molecule has 0 spiro atoms. The Morgan fingerprint density at radius 3 is 2.78 bits per heavy atom. The normalized spacial score (nSPS) is 16.5. The third-order valence-electron chi connectivity index (χ3n) is 4.07. The number of hydrogen-bond acceptors (Lipinski definition) is 6. The van der Waals surface area contributed by atoms with E-state index in [-0.39, 0.29) is 5.82 Å². The standard InChI is InChI=1S/C16H21FN4OS/c1-11-18-16(23-20-11)19-13-5-7-21(8-6-13)10-12-3-4-15(22-2)14(17)9-12/h3-4,9,13H,5-8,10H2,1-2H3,(H,18,19,20). The maximum absolute atomic E-state index is 13.7. The Balaban J connectivity index is 1.50. The van der Waals surface area contributed by atoms with E-state index in [0.717, 1.165) is 49.0 Å². The van der Waals surface area contributed by atoms with Crippen LogP contribution in [0.1, 0.15) is 24.2 Å². The van der Waals surface area contributed by atoms with E-state index in [1.807, 2.05) is 13.0 Å². The number of piperidine rings is 1. The van der Waals surface area contributed by atoms with Gasteiger partial charge in [-0.1, -0.05) is 6.07 Å². The minimum atomic E-state index is -0.298. The fourth-order valence-electron chi connectivity index (χ4n) is 2.83. The van der Waals surface area contributed by atoms with Crippen molar-refractivity contribution < 1.29 is 9.13 Å². The van der Waals surface area contributed by atoms with Gasteiger partial charge in [-0.2, -0.15) is 4.37 Å². The van der Waals surface area contributed by atoms with Crippen molar-refractivity contribution in [3.8, 4) is 5.75 Å². The van der Waals surface area contributed by atoms with Crippen molar-refractivity contribution in [2.75, 3.05) is 25.5 Å². The lowest BCUT2D eigenvalue weighted by Crippen LogP contribution is -2.38. The molecular formula is C16H21FN4OS. The van der Waals surface area contributed by atoms with Crippen LogP contribution in [0.5, 0.6) is 5.75 Å². The second-order valence-electron chi connectivity index (χ2n) is 5.81. The van der Waals surface area contributed by atoms with Gasteiger partial charge in [0.2, 0.25) is 5.13 Å². The summed E-state index contributed by atoms with van der Waals surface area (Å²) in [7, 11) is 1.48. The van der Waals surface area contributed by atoms with Crippen molar-refractivity contribution in [1.29, 1.82) is 0 Å². The van der Waals surface area contributed by atoms with E-state index in [9.17, 15) is 4.39 Å². The summed E-state index contributed by atoms with van der Waals surface area (Å²) in [4.78, 5) is 6.70. The second-order valence-corrected chi connectivity index (χ2v) is 6.56. The van der Waals surface area contributed by atoms with Crippen LogP contribution in [0.15, 0.2) is 18.2 Å². The molecule has 0 unspecified atom stereocenters. The molecule has 5 nitrogen and oxygen atoms in total. The number of ether oxygens (including phenoxy) is 1. The van der Waals surface area contributed by atoms with Crippen LogP contribution >= 0.6 is 11.5 Å². The molecule has 1 aliphatic rings. The number of rotatable bonds is 5. The average Bonchev–Trinajstić information content (AvgIpc) is 2.95. The first-order chi connectivity index (χ1) is 11.1. The van der Waals surface area contributed by atoms with Gasteiger partial charge in [0.25, 0.3) is 0 Å². The number of hydrogen-bond donors (Lipinski definition) is 1. The lowest BCUT2D eigenvalue weighted by atomic mass is 10.0. The van der Waals surface area contributed by atoms with Crippen molar-refractivity contribution in [1.82, 2.24) is 14.3 Å². The Labute approximate surface area is 139 Å². The van der Waals surface area contributed by atoms with E-state index < -0.39 is 0 Å². The third kappa shape index (κ3) is 4.17. The molecule has 3 rings (SSSR count). The molecule has 0 atom stereocenters. The van der Waals surface area contributed by atoms with Crippen molar-refractivity contribution in [2.45, 2.75) is 32.4 Å². The van der Waals surface area contributed by atoms with Crippen LogP contribution in [0.25, 0.3) is 0 Å². The van der Waals surface area contributed by atoms with E-state index in [4.69, 9.17) is 4.74 Å². The number of methoxy groups -OCH3 is 1.